The normalized spacial score (nSPS) is 10.0. The van der Waals surface area contributed by atoms with E-state index < -0.39 is 0 Å². The first-order valence-corrected chi connectivity index (χ1v) is 6.97. The summed E-state index contributed by atoms with van der Waals surface area (Å²) < 4.78 is 0. The van der Waals surface area contributed by atoms with Crippen molar-refractivity contribution < 1.29 is 0 Å². The molecule has 112 valence electrons. The average Bonchev–Trinajstić information content (AvgIpc) is 2.48. The lowest BCUT2D eigenvalue weighted by molar-refractivity contribution is 1.41. The van der Waals surface area contributed by atoms with Gasteiger partial charge in [-0.05, 0) is 49.9 Å². The van der Waals surface area contributed by atoms with Gasteiger partial charge in [-0.15, -0.1) is 0 Å². The van der Waals surface area contributed by atoms with Crippen molar-refractivity contribution in [3.05, 3.63) is 84.0 Å². The molecule has 2 aromatic carbocycles. The van der Waals surface area contributed by atoms with Crippen LogP contribution in [0.5, 0.6) is 0 Å². The molecular weight excluding hydrogens is 252 g/mol. The maximum absolute atomic E-state index is 3.56. The van der Waals surface area contributed by atoms with Crippen LogP contribution in [0.25, 0.3) is 11.1 Å². The quantitative estimate of drug-likeness (QED) is 0.534. The molecule has 0 atom stereocenters. The van der Waals surface area contributed by atoms with Crippen molar-refractivity contribution in [1.29, 1.82) is 0 Å². The van der Waals surface area contributed by atoms with Crippen molar-refractivity contribution in [2.75, 3.05) is 0 Å². The zero-order valence-corrected chi connectivity index (χ0v) is 13.0. The minimum Gasteiger partial charge on any atom is -0.0988 e. The van der Waals surface area contributed by atoms with Crippen molar-refractivity contribution in [1.82, 2.24) is 0 Å². The molecule has 0 aliphatic heterocycles. The zero-order chi connectivity index (χ0) is 15.0. The Balaban J connectivity index is 0.000000495. The largest absolute Gasteiger partial charge is 0.0988 e. The highest BCUT2D eigenvalue weighted by atomic mass is 14.1. The lowest BCUT2D eigenvalue weighted by atomic mass is 9.97. The summed E-state index contributed by atoms with van der Waals surface area (Å²) in [5.41, 5.74) is 6.58. The summed E-state index contributed by atoms with van der Waals surface area (Å²) in [7, 11) is 0. The van der Waals surface area contributed by atoms with E-state index in [4.69, 9.17) is 0 Å². The van der Waals surface area contributed by atoms with Gasteiger partial charge in [0.15, 0.2) is 0 Å². The Bertz CT molecular complexity index is 545. The van der Waals surface area contributed by atoms with E-state index in [1.807, 2.05) is 26.0 Å². The zero-order valence-electron chi connectivity index (χ0n) is 13.0. The Morgan fingerprint density at radius 3 is 1.48 bits per heavy atom. The third kappa shape index (κ3) is 5.83. The lowest BCUT2D eigenvalue weighted by Crippen LogP contribution is -1.85. The maximum atomic E-state index is 3.56. The molecule has 21 heavy (non-hydrogen) atoms. The molecule has 0 amide bonds. The second kappa shape index (κ2) is 9.77. The van der Waals surface area contributed by atoms with Gasteiger partial charge in [-0.3, -0.25) is 0 Å². The minimum atomic E-state index is 0. The molecule has 0 nitrogen and oxygen atoms in total. The van der Waals surface area contributed by atoms with Crippen LogP contribution in [0.3, 0.4) is 0 Å². The molecule has 0 aliphatic rings. The number of benzene rings is 2. The Morgan fingerprint density at radius 1 is 0.857 bits per heavy atom. The third-order valence-electron chi connectivity index (χ3n) is 3.36. The number of aryl methyl sites for hydroxylation is 2. The van der Waals surface area contributed by atoms with Gasteiger partial charge in [0.2, 0.25) is 0 Å². The van der Waals surface area contributed by atoms with Crippen molar-refractivity contribution in [3.63, 3.8) is 0 Å². The van der Waals surface area contributed by atoms with Crippen LogP contribution in [0.2, 0.25) is 0 Å². The molecule has 2 rings (SSSR count). The van der Waals surface area contributed by atoms with Gasteiger partial charge in [0.25, 0.3) is 0 Å². The fraction of sp³-hybridized carbons (Fsp3) is 0.238. The number of hydrogen-bond donors (Lipinski definition) is 0. The Kier molecular flexibility index (Phi) is 8.80. The number of hydrogen-bond acceptors (Lipinski definition) is 0. The van der Waals surface area contributed by atoms with E-state index in [1.54, 1.807) is 0 Å². The fourth-order valence-electron chi connectivity index (χ4n) is 1.87. The van der Waals surface area contributed by atoms with E-state index in [1.165, 1.54) is 27.8 Å². The molecule has 0 heterocycles. The molecule has 0 N–H and O–H groups in total. The predicted octanol–water partition coefficient (Wildman–Crippen LogP) is 6.75. The second-order valence-electron chi connectivity index (χ2n) is 4.87. The lowest BCUT2D eigenvalue weighted by Gasteiger charge is -2.08. The van der Waals surface area contributed by atoms with E-state index in [-0.39, 0.29) is 7.43 Å². The van der Waals surface area contributed by atoms with Gasteiger partial charge in [0.05, 0.1) is 0 Å². The van der Waals surface area contributed by atoms with Gasteiger partial charge in [-0.1, -0.05) is 80.3 Å². The molecule has 0 saturated heterocycles. The molecule has 0 aromatic heterocycles. The van der Waals surface area contributed by atoms with Crippen molar-refractivity contribution in [3.8, 4) is 11.1 Å². The molecule has 0 unspecified atom stereocenters. The highest BCUT2D eigenvalue weighted by molar-refractivity contribution is 5.70. The van der Waals surface area contributed by atoms with Gasteiger partial charge in [-0.2, -0.15) is 0 Å². The first-order valence-electron chi connectivity index (χ1n) is 6.97. The van der Waals surface area contributed by atoms with Gasteiger partial charge in [-0.25, -0.2) is 0 Å². The fourth-order valence-corrected chi connectivity index (χ4v) is 1.87. The van der Waals surface area contributed by atoms with Gasteiger partial charge in [0, 0.05) is 0 Å². The Labute approximate surface area is 130 Å². The molecule has 0 aliphatic carbocycles. The predicted molar refractivity (Wildman–Crippen MR) is 97.7 cm³/mol. The second-order valence-corrected chi connectivity index (χ2v) is 4.87. The summed E-state index contributed by atoms with van der Waals surface area (Å²) in [6.07, 6.45) is 3.85. The summed E-state index contributed by atoms with van der Waals surface area (Å²) in [6.45, 7) is 11.9. The number of rotatable bonds is 2. The van der Waals surface area contributed by atoms with Crippen molar-refractivity contribution >= 4 is 0 Å². The van der Waals surface area contributed by atoms with Gasteiger partial charge < -0.3 is 0 Å². The molecule has 0 bridgehead atoms. The van der Waals surface area contributed by atoms with E-state index in [2.05, 4.69) is 69.0 Å². The van der Waals surface area contributed by atoms with E-state index in [0.717, 1.165) is 0 Å². The highest BCUT2D eigenvalue weighted by Crippen LogP contribution is 2.25. The first-order chi connectivity index (χ1) is 9.60. The topological polar surface area (TPSA) is 0 Å². The Morgan fingerprint density at radius 2 is 1.24 bits per heavy atom. The van der Waals surface area contributed by atoms with Crippen molar-refractivity contribution in [2.45, 2.75) is 35.1 Å². The van der Waals surface area contributed by atoms with Crippen LogP contribution in [0, 0.1) is 13.8 Å². The van der Waals surface area contributed by atoms with Crippen LogP contribution in [0.15, 0.2) is 72.8 Å². The van der Waals surface area contributed by atoms with E-state index in [9.17, 15) is 0 Å². The summed E-state index contributed by atoms with van der Waals surface area (Å²) in [5, 5.41) is 0. The summed E-state index contributed by atoms with van der Waals surface area (Å²) >= 11 is 0. The highest BCUT2D eigenvalue weighted by Gasteiger charge is 2.02. The Hall–Kier alpha value is -2.08. The summed E-state index contributed by atoms with van der Waals surface area (Å²) in [6, 6.07) is 17.0. The molecule has 0 saturated carbocycles. The minimum absolute atomic E-state index is 0. The average molecular weight is 280 g/mol. The van der Waals surface area contributed by atoms with Crippen LogP contribution in [-0.4, -0.2) is 0 Å². The molecule has 0 spiro atoms. The van der Waals surface area contributed by atoms with Crippen molar-refractivity contribution in [2.24, 2.45) is 0 Å². The molecule has 2 aromatic rings. The van der Waals surface area contributed by atoms with E-state index >= 15 is 0 Å². The van der Waals surface area contributed by atoms with Crippen LogP contribution >= 0.6 is 0 Å². The van der Waals surface area contributed by atoms with E-state index in [0.29, 0.717) is 0 Å². The summed E-state index contributed by atoms with van der Waals surface area (Å²) in [5.74, 6) is 0. The maximum Gasteiger partial charge on any atom is -0.0152 e. The summed E-state index contributed by atoms with van der Waals surface area (Å²) in [4.78, 5) is 0. The first kappa shape index (κ1) is 18.9. The van der Waals surface area contributed by atoms with Crippen LogP contribution in [0.4, 0.5) is 0 Å². The van der Waals surface area contributed by atoms with Crippen LogP contribution in [0.1, 0.15) is 32.4 Å². The number of allylic oxidation sites excluding steroid dienone is 3. The standard InChI is InChI=1S/C14H14.C6H10.CH4/c1-11-7-3-5-9-13(11)14-10-6-4-8-12(14)2;1-4-6(3)5-2;/h3-10H,1-2H3;4-5H,1H2,2-3H3;1H4/b;6-5-;. The molecule has 0 fully saturated rings. The molecule has 0 heteroatoms. The van der Waals surface area contributed by atoms with Gasteiger partial charge >= 0.3 is 0 Å². The van der Waals surface area contributed by atoms with Crippen LogP contribution in [-0.2, 0) is 0 Å². The molecule has 0 radical (unpaired) electrons. The third-order valence-corrected chi connectivity index (χ3v) is 3.36. The van der Waals surface area contributed by atoms with Gasteiger partial charge in [0.1, 0.15) is 0 Å². The van der Waals surface area contributed by atoms with Crippen LogP contribution < -0.4 is 0 Å². The smallest absolute Gasteiger partial charge is 0.0152 e. The molecular formula is C21H28. The monoisotopic (exact) mass is 280 g/mol. The SMILES string of the molecule is C.C=C/C(C)=C\C.Cc1ccccc1-c1ccccc1C.